The molecule has 1 amide bonds. The average molecular weight is 703 g/mol. The Hall–Kier alpha value is -1.80. The lowest BCUT2D eigenvalue weighted by molar-refractivity contribution is -0.112. The summed E-state index contributed by atoms with van der Waals surface area (Å²) in [6.45, 7) is 2.36. The predicted octanol–water partition coefficient (Wildman–Crippen LogP) is 7.89. The third kappa shape index (κ3) is 7.09. The van der Waals surface area contributed by atoms with E-state index >= 15 is 0 Å². The number of nitrogens with zero attached hydrogens (tertiary/aromatic N) is 1. The van der Waals surface area contributed by atoms with Crippen molar-refractivity contribution in [1.82, 2.24) is 0 Å². The number of halogens is 4. The van der Waals surface area contributed by atoms with E-state index in [1.807, 2.05) is 48.5 Å². The molecular formula is C25H18Cl2I2N2O2. The topological polar surface area (TPSA) is 62.1 Å². The molecule has 0 saturated carbocycles. The number of benzene rings is 3. The average Bonchev–Trinajstić information content (AvgIpc) is 2.78. The molecule has 0 radical (unpaired) electrons. The van der Waals surface area contributed by atoms with Crippen LogP contribution < -0.4 is 10.1 Å². The van der Waals surface area contributed by atoms with Gasteiger partial charge in [-0.25, -0.2) is 0 Å². The zero-order valence-corrected chi connectivity index (χ0v) is 23.3. The van der Waals surface area contributed by atoms with Gasteiger partial charge in [0.15, 0.2) is 0 Å². The number of nitrogens with one attached hydrogen (secondary N) is 1. The molecule has 0 atom stereocenters. The van der Waals surface area contributed by atoms with Crippen molar-refractivity contribution in [2.75, 3.05) is 5.32 Å². The lowest BCUT2D eigenvalue weighted by Gasteiger charge is -2.13. The molecule has 0 aliphatic rings. The van der Waals surface area contributed by atoms with Gasteiger partial charge in [0, 0.05) is 21.3 Å². The van der Waals surface area contributed by atoms with E-state index < -0.39 is 5.91 Å². The molecule has 0 aromatic heterocycles. The Bertz CT molecular complexity index is 1230. The number of hydrogen-bond donors (Lipinski definition) is 1. The molecule has 4 nitrogen and oxygen atoms in total. The number of ether oxygens (including phenoxy) is 1. The summed E-state index contributed by atoms with van der Waals surface area (Å²) in [6.07, 6.45) is 2.49. The maximum absolute atomic E-state index is 12.6. The molecule has 3 aromatic carbocycles. The highest BCUT2D eigenvalue weighted by Crippen LogP contribution is 2.31. The molecule has 33 heavy (non-hydrogen) atoms. The van der Waals surface area contributed by atoms with Crippen LogP contribution >= 0.6 is 68.4 Å². The zero-order valence-electron chi connectivity index (χ0n) is 17.5. The Morgan fingerprint density at radius 3 is 2.33 bits per heavy atom. The van der Waals surface area contributed by atoms with Gasteiger partial charge >= 0.3 is 0 Å². The molecule has 0 spiro atoms. The summed E-state index contributed by atoms with van der Waals surface area (Å²) < 4.78 is 7.70. The highest BCUT2D eigenvalue weighted by molar-refractivity contribution is 14.1. The third-order valence-electron chi connectivity index (χ3n) is 4.70. The second-order valence-corrected chi connectivity index (χ2v) is 10.2. The van der Waals surface area contributed by atoms with Crippen LogP contribution in [0.15, 0.2) is 60.2 Å². The number of carbonyl (C=O) groups is 1. The fourth-order valence-corrected chi connectivity index (χ4v) is 5.52. The fourth-order valence-electron chi connectivity index (χ4n) is 2.93. The van der Waals surface area contributed by atoms with Crippen LogP contribution in [0, 0.1) is 18.5 Å². The number of hydrogen-bond acceptors (Lipinski definition) is 3. The monoisotopic (exact) mass is 702 g/mol. The number of carbonyl (C=O) groups excluding carboxylic acids is 1. The van der Waals surface area contributed by atoms with Gasteiger partial charge in [-0.15, -0.1) is 0 Å². The van der Waals surface area contributed by atoms with Crippen molar-refractivity contribution in [3.63, 3.8) is 0 Å². The van der Waals surface area contributed by atoms with E-state index in [9.17, 15) is 10.1 Å². The van der Waals surface area contributed by atoms with Crippen LogP contribution in [0.3, 0.4) is 0 Å². The summed E-state index contributed by atoms with van der Waals surface area (Å²) in [6, 6.07) is 18.6. The van der Waals surface area contributed by atoms with E-state index in [-0.39, 0.29) is 5.57 Å². The molecule has 3 aromatic rings. The Balaban J connectivity index is 1.76. The first-order valence-electron chi connectivity index (χ1n) is 9.88. The van der Waals surface area contributed by atoms with E-state index in [0.29, 0.717) is 28.1 Å². The minimum absolute atomic E-state index is 0.0165. The lowest BCUT2D eigenvalue weighted by atomic mass is 10.1. The van der Waals surface area contributed by atoms with Crippen molar-refractivity contribution < 1.29 is 9.53 Å². The maximum Gasteiger partial charge on any atom is 0.266 e. The summed E-state index contributed by atoms with van der Waals surface area (Å²) in [4.78, 5) is 12.6. The van der Waals surface area contributed by atoms with Crippen LogP contribution in [0.4, 0.5) is 5.69 Å². The standard InChI is InChI=1S/C25H18Cl2I2N2O2/c1-2-15-3-7-20(8-4-15)31-25(32)18(13-30)9-16-10-22(28)24(23(29)11-16)33-14-17-5-6-19(26)12-21(17)27/h3-12H,2,14H2,1H3,(H,31,32)/b18-9+. The van der Waals surface area contributed by atoms with Crippen molar-refractivity contribution in [2.24, 2.45) is 0 Å². The number of nitriles is 1. The molecule has 1 N–H and O–H groups in total. The number of amides is 1. The molecule has 0 aliphatic carbocycles. The van der Waals surface area contributed by atoms with Gasteiger partial charge in [-0.3, -0.25) is 4.79 Å². The largest absolute Gasteiger partial charge is 0.487 e. The van der Waals surface area contributed by atoms with Crippen LogP contribution in [0.1, 0.15) is 23.6 Å². The van der Waals surface area contributed by atoms with Crippen LogP contribution in [-0.4, -0.2) is 5.91 Å². The Labute approximate surface area is 230 Å². The van der Waals surface area contributed by atoms with Crippen LogP contribution in [0.2, 0.25) is 10.0 Å². The summed E-state index contributed by atoms with van der Waals surface area (Å²) in [7, 11) is 0. The van der Waals surface area contributed by atoms with Crippen LogP contribution in [0.5, 0.6) is 5.75 Å². The molecule has 0 heterocycles. The van der Waals surface area contributed by atoms with Crippen molar-refractivity contribution in [2.45, 2.75) is 20.0 Å². The molecule has 0 saturated heterocycles. The Morgan fingerprint density at radius 1 is 1.09 bits per heavy atom. The Morgan fingerprint density at radius 2 is 1.76 bits per heavy atom. The third-order valence-corrected chi connectivity index (χ3v) is 6.89. The predicted molar refractivity (Wildman–Crippen MR) is 151 cm³/mol. The molecule has 3 rings (SSSR count). The second kappa shape index (κ2) is 12.1. The van der Waals surface area contributed by atoms with E-state index in [2.05, 4.69) is 57.4 Å². The number of aryl methyl sites for hydroxylation is 1. The number of rotatable bonds is 7. The Kier molecular flexibility index (Phi) is 9.44. The van der Waals surface area contributed by atoms with Crippen molar-refractivity contribution in [3.8, 4) is 11.8 Å². The molecule has 0 bridgehead atoms. The lowest BCUT2D eigenvalue weighted by Crippen LogP contribution is -2.13. The van der Waals surface area contributed by atoms with Gasteiger partial charge in [0.1, 0.15) is 24.0 Å². The highest BCUT2D eigenvalue weighted by atomic mass is 127. The highest BCUT2D eigenvalue weighted by Gasteiger charge is 2.13. The molecule has 0 unspecified atom stereocenters. The van der Waals surface area contributed by atoms with Crippen LogP contribution in [0.25, 0.3) is 6.08 Å². The summed E-state index contributed by atoms with van der Waals surface area (Å²) in [5, 5.41) is 13.4. The first-order valence-corrected chi connectivity index (χ1v) is 12.8. The van der Waals surface area contributed by atoms with E-state index in [0.717, 1.165) is 24.7 Å². The second-order valence-electron chi connectivity index (χ2n) is 7.01. The van der Waals surface area contributed by atoms with Crippen molar-refractivity contribution >= 4 is 86.1 Å². The molecule has 0 fully saturated rings. The van der Waals surface area contributed by atoms with Gasteiger partial charge in [-0.2, -0.15) is 5.26 Å². The maximum atomic E-state index is 12.6. The van der Waals surface area contributed by atoms with Gasteiger partial charge in [0.25, 0.3) is 5.91 Å². The van der Waals surface area contributed by atoms with Gasteiger partial charge < -0.3 is 10.1 Å². The molecular weight excluding hydrogens is 685 g/mol. The van der Waals surface area contributed by atoms with Gasteiger partial charge in [-0.1, -0.05) is 48.3 Å². The van der Waals surface area contributed by atoms with Gasteiger partial charge in [0.05, 0.1) is 7.14 Å². The summed E-state index contributed by atoms with van der Waals surface area (Å²) in [5.74, 6) is 0.253. The van der Waals surface area contributed by atoms with Crippen LogP contribution in [-0.2, 0) is 17.8 Å². The SMILES string of the molecule is CCc1ccc(NC(=O)/C(C#N)=C/c2cc(I)c(OCc3ccc(Cl)cc3Cl)c(I)c2)cc1. The van der Waals surface area contributed by atoms with Crippen molar-refractivity contribution in [3.05, 3.63) is 94.0 Å². The minimum Gasteiger partial charge on any atom is -0.487 e. The fraction of sp³-hybridized carbons (Fsp3) is 0.120. The van der Waals surface area contributed by atoms with Gasteiger partial charge in [0.2, 0.25) is 0 Å². The van der Waals surface area contributed by atoms with Crippen molar-refractivity contribution in [1.29, 1.82) is 5.26 Å². The normalized spacial score (nSPS) is 11.1. The molecule has 0 aliphatic heterocycles. The summed E-state index contributed by atoms with van der Waals surface area (Å²) >= 11 is 16.5. The minimum atomic E-state index is -0.454. The molecule has 8 heteroatoms. The van der Waals surface area contributed by atoms with Gasteiger partial charge in [-0.05, 0) is 105 Å². The van der Waals surface area contributed by atoms with E-state index in [4.69, 9.17) is 27.9 Å². The first-order chi connectivity index (χ1) is 15.8. The number of anilines is 1. The van der Waals surface area contributed by atoms with E-state index in [1.165, 1.54) is 5.56 Å². The molecule has 168 valence electrons. The summed E-state index contributed by atoms with van der Waals surface area (Å²) in [5.41, 5.74) is 3.39. The van der Waals surface area contributed by atoms with E-state index in [1.54, 1.807) is 18.2 Å². The smallest absolute Gasteiger partial charge is 0.266 e. The zero-order chi connectivity index (χ0) is 24.0. The first kappa shape index (κ1) is 25.8. The quantitative estimate of drug-likeness (QED) is 0.155.